The van der Waals surface area contributed by atoms with Crippen LogP contribution in [0, 0.1) is 0 Å². The van der Waals surface area contributed by atoms with Gasteiger partial charge >= 0.3 is 0 Å². The van der Waals surface area contributed by atoms with Crippen LogP contribution in [-0.4, -0.2) is 61.7 Å². The lowest BCUT2D eigenvalue weighted by Crippen LogP contribution is -2.65. The van der Waals surface area contributed by atoms with Crippen LogP contribution >= 0.6 is 0 Å². The van der Waals surface area contributed by atoms with Crippen molar-refractivity contribution < 1.29 is 0 Å². The molecule has 1 aliphatic rings. The van der Waals surface area contributed by atoms with Gasteiger partial charge in [0.2, 0.25) is 0 Å². The van der Waals surface area contributed by atoms with Crippen LogP contribution in [-0.2, 0) is 0 Å². The van der Waals surface area contributed by atoms with Crippen molar-refractivity contribution in [1.29, 1.82) is 0 Å². The van der Waals surface area contributed by atoms with Crippen molar-refractivity contribution in [3.8, 4) is 0 Å². The first-order valence-corrected chi connectivity index (χ1v) is 6.11. The van der Waals surface area contributed by atoms with Crippen molar-refractivity contribution in [1.82, 2.24) is 15.1 Å². The van der Waals surface area contributed by atoms with E-state index in [0.717, 1.165) is 6.54 Å². The highest BCUT2D eigenvalue weighted by atomic mass is 15.3. The van der Waals surface area contributed by atoms with Crippen LogP contribution in [0.1, 0.15) is 27.2 Å². The Morgan fingerprint density at radius 1 is 1.40 bits per heavy atom. The van der Waals surface area contributed by atoms with Gasteiger partial charge in [0.05, 0.1) is 0 Å². The first-order chi connectivity index (χ1) is 7.01. The third-order valence-corrected chi connectivity index (χ3v) is 3.30. The Labute approximate surface area is 94.8 Å². The van der Waals surface area contributed by atoms with E-state index >= 15 is 0 Å². The van der Waals surface area contributed by atoms with E-state index in [2.05, 4.69) is 42.9 Å². The predicted molar refractivity (Wildman–Crippen MR) is 66.3 cm³/mol. The van der Waals surface area contributed by atoms with Gasteiger partial charge in [0.15, 0.2) is 0 Å². The lowest BCUT2D eigenvalue weighted by Gasteiger charge is -2.51. The average molecular weight is 213 g/mol. The zero-order valence-corrected chi connectivity index (χ0v) is 11.0. The Balaban J connectivity index is 2.72. The van der Waals surface area contributed by atoms with E-state index in [1.165, 1.54) is 26.1 Å². The molecule has 1 N–H and O–H groups in total. The molecule has 3 heteroatoms. The third-order valence-electron chi connectivity index (χ3n) is 3.30. The maximum atomic E-state index is 3.32. The van der Waals surface area contributed by atoms with Crippen LogP contribution < -0.4 is 5.32 Å². The minimum Gasteiger partial charge on any atom is -0.318 e. The van der Waals surface area contributed by atoms with Gasteiger partial charge in [0.25, 0.3) is 0 Å². The summed E-state index contributed by atoms with van der Waals surface area (Å²) in [6, 6.07) is 0.656. The summed E-state index contributed by atoms with van der Waals surface area (Å²) in [5, 5.41) is 3.32. The fraction of sp³-hybridized carbons (Fsp3) is 1.00. The standard InChI is InChI=1S/C12H27N3/c1-6-7-15-11(8-13-4)9-14(5)10-12(15,2)3/h11,13H,6-10H2,1-5H3. The Hall–Kier alpha value is -0.120. The summed E-state index contributed by atoms with van der Waals surface area (Å²) in [5.74, 6) is 0. The summed E-state index contributed by atoms with van der Waals surface area (Å²) in [5.41, 5.74) is 0.310. The second-order valence-electron chi connectivity index (χ2n) is 5.41. The minimum absolute atomic E-state index is 0.310. The van der Waals surface area contributed by atoms with Crippen molar-refractivity contribution in [3.05, 3.63) is 0 Å². The van der Waals surface area contributed by atoms with Gasteiger partial charge in [-0.1, -0.05) is 6.92 Å². The molecule has 0 spiro atoms. The molecule has 1 fully saturated rings. The van der Waals surface area contributed by atoms with Crippen LogP contribution in [0.15, 0.2) is 0 Å². The van der Waals surface area contributed by atoms with Crippen LogP contribution in [0.3, 0.4) is 0 Å². The van der Waals surface area contributed by atoms with Crippen molar-refractivity contribution in [2.24, 2.45) is 0 Å². The van der Waals surface area contributed by atoms with Gasteiger partial charge in [0, 0.05) is 31.2 Å². The lowest BCUT2D eigenvalue weighted by atomic mass is 9.94. The van der Waals surface area contributed by atoms with Crippen LogP contribution in [0.4, 0.5) is 0 Å². The molecule has 0 saturated carbocycles. The summed E-state index contributed by atoms with van der Waals surface area (Å²) in [6.07, 6.45) is 1.24. The predicted octanol–water partition coefficient (Wildman–Crippen LogP) is 1.01. The van der Waals surface area contributed by atoms with Gasteiger partial charge in [-0.2, -0.15) is 0 Å². The van der Waals surface area contributed by atoms with Crippen molar-refractivity contribution >= 4 is 0 Å². The second-order valence-corrected chi connectivity index (χ2v) is 5.41. The van der Waals surface area contributed by atoms with E-state index in [1.54, 1.807) is 0 Å². The molecule has 1 heterocycles. The second kappa shape index (κ2) is 5.28. The fourth-order valence-corrected chi connectivity index (χ4v) is 2.91. The van der Waals surface area contributed by atoms with E-state index < -0.39 is 0 Å². The zero-order chi connectivity index (χ0) is 11.5. The molecule has 90 valence electrons. The number of piperazine rings is 1. The summed E-state index contributed by atoms with van der Waals surface area (Å²) in [6.45, 7) is 11.7. The van der Waals surface area contributed by atoms with Crippen molar-refractivity contribution in [2.75, 3.05) is 40.3 Å². The SMILES string of the molecule is CCCN1C(CNC)CN(C)CC1(C)C. The average Bonchev–Trinajstić information content (AvgIpc) is 2.10. The molecule has 1 aliphatic heterocycles. The molecule has 0 aliphatic carbocycles. The molecule has 3 nitrogen and oxygen atoms in total. The lowest BCUT2D eigenvalue weighted by molar-refractivity contribution is -0.0144. The molecular formula is C12H27N3. The first kappa shape index (κ1) is 12.9. The summed E-state index contributed by atoms with van der Waals surface area (Å²) < 4.78 is 0. The van der Waals surface area contributed by atoms with E-state index in [9.17, 15) is 0 Å². The third kappa shape index (κ3) is 3.16. The Morgan fingerprint density at radius 3 is 2.60 bits per heavy atom. The molecule has 0 aromatic rings. The summed E-state index contributed by atoms with van der Waals surface area (Å²) in [7, 11) is 4.28. The normalized spacial score (nSPS) is 28.2. The highest BCUT2D eigenvalue weighted by Gasteiger charge is 2.37. The van der Waals surface area contributed by atoms with E-state index in [0.29, 0.717) is 11.6 Å². The molecule has 0 radical (unpaired) electrons. The van der Waals surface area contributed by atoms with Gasteiger partial charge in [0.1, 0.15) is 0 Å². The molecule has 0 amide bonds. The van der Waals surface area contributed by atoms with Crippen LogP contribution in [0.5, 0.6) is 0 Å². The van der Waals surface area contributed by atoms with Gasteiger partial charge in [-0.05, 0) is 40.9 Å². The highest BCUT2D eigenvalue weighted by Crippen LogP contribution is 2.24. The van der Waals surface area contributed by atoms with Crippen LogP contribution in [0.25, 0.3) is 0 Å². The maximum Gasteiger partial charge on any atom is 0.0353 e. The first-order valence-electron chi connectivity index (χ1n) is 6.11. The van der Waals surface area contributed by atoms with Crippen LogP contribution in [0.2, 0.25) is 0 Å². The number of hydrogen-bond acceptors (Lipinski definition) is 3. The van der Waals surface area contributed by atoms with Gasteiger partial charge in [-0.3, -0.25) is 4.90 Å². The van der Waals surface area contributed by atoms with Gasteiger partial charge < -0.3 is 10.2 Å². The Kier molecular flexibility index (Phi) is 4.56. The van der Waals surface area contributed by atoms with Crippen molar-refractivity contribution in [3.63, 3.8) is 0 Å². The molecule has 15 heavy (non-hydrogen) atoms. The van der Waals surface area contributed by atoms with Gasteiger partial charge in [-0.25, -0.2) is 0 Å². The van der Waals surface area contributed by atoms with E-state index in [-0.39, 0.29) is 0 Å². The largest absolute Gasteiger partial charge is 0.318 e. The monoisotopic (exact) mass is 213 g/mol. The quantitative estimate of drug-likeness (QED) is 0.752. The number of likely N-dealkylation sites (N-methyl/N-ethyl adjacent to an activating group) is 2. The summed E-state index contributed by atoms with van der Waals surface area (Å²) >= 11 is 0. The molecule has 1 rings (SSSR count). The number of nitrogens with zero attached hydrogens (tertiary/aromatic N) is 2. The van der Waals surface area contributed by atoms with E-state index in [4.69, 9.17) is 0 Å². The molecule has 0 aromatic heterocycles. The topological polar surface area (TPSA) is 18.5 Å². The molecule has 0 bridgehead atoms. The number of rotatable bonds is 4. The molecule has 1 unspecified atom stereocenters. The zero-order valence-electron chi connectivity index (χ0n) is 11.0. The molecule has 1 saturated heterocycles. The van der Waals surface area contributed by atoms with E-state index in [1.807, 2.05) is 7.05 Å². The van der Waals surface area contributed by atoms with Gasteiger partial charge in [-0.15, -0.1) is 0 Å². The Morgan fingerprint density at radius 2 is 2.07 bits per heavy atom. The minimum atomic E-state index is 0.310. The molecular weight excluding hydrogens is 186 g/mol. The number of hydrogen-bond donors (Lipinski definition) is 1. The number of nitrogens with one attached hydrogen (secondary N) is 1. The Bertz CT molecular complexity index is 191. The summed E-state index contributed by atoms with van der Waals surface area (Å²) in [4.78, 5) is 5.12. The molecule has 1 atom stereocenters. The fourth-order valence-electron chi connectivity index (χ4n) is 2.91. The van der Waals surface area contributed by atoms with Crippen molar-refractivity contribution in [2.45, 2.75) is 38.8 Å². The maximum absolute atomic E-state index is 3.32. The smallest absolute Gasteiger partial charge is 0.0353 e. The highest BCUT2D eigenvalue weighted by molar-refractivity contribution is 4.95. The molecule has 0 aromatic carbocycles.